The van der Waals surface area contributed by atoms with E-state index >= 15 is 0 Å². The van der Waals surface area contributed by atoms with E-state index in [2.05, 4.69) is 27.4 Å². The highest BCUT2D eigenvalue weighted by molar-refractivity contribution is 7.91. The molecule has 2 rings (SSSR count). The monoisotopic (exact) mass is 426 g/mol. The average molecular weight is 427 g/mol. The van der Waals surface area contributed by atoms with Crippen LogP contribution in [0.1, 0.15) is 32.4 Å². The van der Waals surface area contributed by atoms with Gasteiger partial charge in [0.05, 0.1) is 30.8 Å². The number of nitrogens with one attached hydrogen (secondary N) is 2. The summed E-state index contributed by atoms with van der Waals surface area (Å²) in [7, 11) is -1.10. The van der Waals surface area contributed by atoms with E-state index in [1.807, 2.05) is 32.0 Å². The van der Waals surface area contributed by atoms with Crippen molar-refractivity contribution in [3.63, 3.8) is 0 Å². The Bertz CT molecular complexity index is 769. The molecule has 0 spiro atoms. The average Bonchev–Trinajstić information content (AvgIpc) is 2.70. The fourth-order valence-corrected chi connectivity index (χ4v) is 4.40. The van der Waals surface area contributed by atoms with Crippen molar-refractivity contribution in [2.45, 2.75) is 26.8 Å². The van der Waals surface area contributed by atoms with Crippen LogP contribution in [0, 0.1) is 0 Å². The lowest BCUT2D eigenvalue weighted by molar-refractivity contribution is 0.287. The molecule has 9 heteroatoms. The van der Waals surface area contributed by atoms with Crippen LogP contribution in [-0.2, 0) is 9.84 Å². The first-order valence-electron chi connectivity index (χ1n) is 10.2. The molecule has 1 aliphatic heterocycles. The van der Waals surface area contributed by atoms with Crippen LogP contribution in [-0.4, -0.2) is 77.2 Å². The molecule has 0 aliphatic carbocycles. The number of ether oxygens (including phenoxy) is 2. The molecule has 1 atom stereocenters. The van der Waals surface area contributed by atoms with Crippen LogP contribution in [0.3, 0.4) is 0 Å². The van der Waals surface area contributed by atoms with Gasteiger partial charge in [0.15, 0.2) is 27.3 Å². The molecule has 1 heterocycles. The lowest BCUT2D eigenvalue weighted by atomic mass is 10.1. The first kappa shape index (κ1) is 23.3. The number of hydrogen-bond acceptors (Lipinski definition) is 6. The molecule has 1 saturated heterocycles. The van der Waals surface area contributed by atoms with E-state index in [1.54, 1.807) is 7.05 Å². The number of benzene rings is 1. The molecule has 1 aromatic rings. The third-order valence-electron chi connectivity index (χ3n) is 4.80. The first-order chi connectivity index (χ1) is 13.9. The summed E-state index contributed by atoms with van der Waals surface area (Å²) in [6.45, 7) is 9.80. The van der Waals surface area contributed by atoms with Crippen LogP contribution in [0.4, 0.5) is 0 Å². The summed E-state index contributed by atoms with van der Waals surface area (Å²) in [5.74, 6) is 2.68. The Hall–Kier alpha value is -2.00. The predicted octanol–water partition coefficient (Wildman–Crippen LogP) is 1.44. The summed E-state index contributed by atoms with van der Waals surface area (Å²) in [4.78, 5) is 6.45. The molecule has 0 bridgehead atoms. The highest BCUT2D eigenvalue weighted by Crippen LogP contribution is 2.30. The lowest BCUT2D eigenvalue weighted by Crippen LogP contribution is -2.46. The van der Waals surface area contributed by atoms with Gasteiger partial charge in [0, 0.05) is 33.2 Å². The molecule has 0 amide bonds. The van der Waals surface area contributed by atoms with Crippen molar-refractivity contribution in [3.8, 4) is 11.5 Å². The minimum Gasteiger partial charge on any atom is -0.490 e. The Morgan fingerprint density at radius 1 is 1.17 bits per heavy atom. The second-order valence-electron chi connectivity index (χ2n) is 6.93. The second-order valence-corrected chi connectivity index (χ2v) is 9.23. The van der Waals surface area contributed by atoms with Crippen molar-refractivity contribution < 1.29 is 17.9 Å². The quantitative estimate of drug-likeness (QED) is 0.456. The van der Waals surface area contributed by atoms with E-state index in [0.717, 1.165) is 23.6 Å². The van der Waals surface area contributed by atoms with E-state index < -0.39 is 9.84 Å². The van der Waals surface area contributed by atoms with Gasteiger partial charge < -0.3 is 20.1 Å². The summed E-state index contributed by atoms with van der Waals surface area (Å²) in [6, 6.07) is 5.97. The molecule has 1 aliphatic rings. The van der Waals surface area contributed by atoms with Crippen LogP contribution in [0.5, 0.6) is 11.5 Å². The molecule has 164 valence electrons. The number of guanidine groups is 1. The summed E-state index contributed by atoms with van der Waals surface area (Å²) in [5.41, 5.74) is 1.07. The third-order valence-corrected chi connectivity index (χ3v) is 6.41. The standard InChI is InChI=1S/C20H34N4O4S/c1-5-27-18-8-7-17(15-19(18)28-6-2)16(3)23-20(21-4)22-9-10-24-11-13-29(25,26)14-12-24/h7-8,15-16H,5-6,9-14H2,1-4H3,(H2,21,22,23). The molecule has 29 heavy (non-hydrogen) atoms. The van der Waals surface area contributed by atoms with Crippen molar-refractivity contribution in [2.24, 2.45) is 4.99 Å². The maximum Gasteiger partial charge on any atom is 0.191 e. The summed E-state index contributed by atoms with van der Waals surface area (Å²) in [6.07, 6.45) is 0. The van der Waals surface area contributed by atoms with E-state index in [1.165, 1.54) is 0 Å². The molecule has 8 nitrogen and oxygen atoms in total. The largest absolute Gasteiger partial charge is 0.490 e. The smallest absolute Gasteiger partial charge is 0.191 e. The second kappa shape index (κ2) is 11.3. The Balaban J connectivity index is 1.87. The molecule has 0 aromatic heterocycles. The van der Waals surface area contributed by atoms with Gasteiger partial charge in [-0.1, -0.05) is 6.07 Å². The molecular formula is C20H34N4O4S. The molecular weight excluding hydrogens is 392 g/mol. The van der Waals surface area contributed by atoms with Crippen molar-refractivity contribution in [1.82, 2.24) is 15.5 Å². The van der Waals surface area contributed by atoms with Gasteiger partial charge in [0.1, 0.15) is 0 Å². The van der Waals surface area contributed by atoms with Gasteiger partial charge in [-0.05, 0) is 38.5 Å². The highest BCUT2D eigenvalue weighted by Gasteiger charge is 2.21. The number of sulfone groups is 1. The van der Waals surface area contributed by atoms with Gasteiger partial charge in [-0.3, -0.25) is 9.89 Å². The zero-order chi connectivity index (χ0) is 21.3. The van der Waals surface area contributed by atoms with Gasteiger partial charge in [0.25, 0.3) is 0 Å². The zero-order valence-electron chi connectivity index (χ0n) is 17.9. The number of nitrogens with zero attached hydrogens (tertiary/aromatic N) is 2. The fraction of sp³-hybridized carbons (Fsp3) is 0.650. The number of aliphatic imine (C=N–C) groups is 1. The molecule has 2 N–H and O–H groups in total. The van der Waals surface area contributed by atoms with Crippen molar-refractivity contribution >= 4 is 15.8 Å². The SMILES string of the molecule is CCOc1ccc(C(C)NC(=NC)NCCN2CCS(=O)(=O)CC2)cc1OCC. The summed E-state index contributed by atoms with van der Waals surface area (Å²) < 4.78 is 34.4. The molecule has 1 aromatic carbocycles. The van der Waals surface area contributed by atoms with Gasteiger partial charge in [-0.15, -0.1) is 0 Å². The number of hydrogen-bond donors (Lipinski definition) is 2. The summed E-state index contributed by atoms with van der Waals surface area (Å²) >= 11 is 0. The van der Waals surface area contributed by atoms with E-state index in [0.29, 0.717) is 38.8 Å². The van der Waals surface area contributed by atoms with Crippen LogP contribution in [0.15, 0.2) is 23.2 Å². The van der Waals surface area contributed by atoms with E-state index in [-0.39, 0.29) is 17.5 Å². The lowest BCUT2D eigenvalue weighted by Gasteiger charge is -2.27. The third kappa shape index (κ3) is 7.40. The molecule has 1 fully saturated rings. The van der Waals surface area contributed by atoms with Crippen LogP contribution >= 0.6 is 0 Å². The van der Waals surface area contributed by atoms with Gasteiger partial charge >= 0.3 is 0 Å². The van der Waals surface area contributed by atoms with Crippen LogP contribution in [0.25, 0.3) is 0 Å². The van der Waals surface area contributed by atoms with Gasteiger partial charge in [0.2, 0.25) is 0 Å². The maximum absolute atomic E-state index is 11.5. The zero-order valence-corrected chi connectivity index (χ0v) is 18.7. The van der Waals surface area contributed by atoms with Crippen LogP contribution < -0.4 is 20.1 Å². The summed E-state index contributed by atoms with van der Waals surface area (Å²) in [5, 5.41) is 6.68. The molecule has 0 radical (unpaired) electrons. The Morgan fingerprint density at radius 3 is 2.45 bits per heavy atom. The van der Waals surface area contributed by atoms with Crippen molar-refractivity contribution in [2.75, 3.05) is 57.9 Å². The van der Waals surface area contributed by atoms with Gasteiger partial charge in [-0.25, -0.2) is 8.42 Å². The Morgan fingerprint density at radius 2 is 1.83 bits per heavy atom. The normalized spacial score (nSPS) is 18.1. The topological polar surface area (TPSA) is 92.3 Å². The van der Waals surface area contributed by atoms with Crippen LogP contribution in [0.2, 0.25) is 0 Å². The Kier molecular flexibility index (Phi) is 9.03. The molecule has 1 unspecified atom stereocenters. The highest BCUT2D eigenvalue weighted by atomic mass is 32.2. The van der Waals surface area contributed by atoms with E-state index in [9.17, 15) is 8.42 Å². The predicted molar refractivity (Wildman–Crippen MR) is 117 cm³/mol. The maximum atomic E-state index is 11.5. The van der Waals surface area contributed by atoms with Crippen molar-refractivity contribution in [1.29, 1.82) is 0 Å². The molecule has 0 saturated carbocycles. The first-order valence-corrected chi connectivity index (χ1v) is 12.0. The Labute approximate surface area is 174 Å². The fourth-order valence-electron chi connectivity index (χ4n) is 3.13. The number of rotatable bonds is 9. The van der Waals surface area contributed by atoms with Crippen molar-refractivity contribution in [3.05, 3.63) is 23.8 Å². The van der Waals surface area contributed by atoms with E-state index in [4.69, 9.17) is 9.47 Å². The minimum absolute atomic E-state index is 0.0243. The minimum atomic E-state index is -2.84. The van der Waals surface area contributed by atoms with Gasteiger partial charge in [-0.2, -0.15) is 0 Å².